The lowest BCUT2D eigenvalue weighted by atomic mass is 9.97. The second kappa shape index (κ2) is 6.12. The van der Waals surface area contributed by atoms with E-state index < -0.39 is 11.9 Å². The minimum atomic E-state index is -0.699. The van der Waals surface area contributed by atoms with Gasteiger partial charge in [-0.05, 0) is 36.8 Å². The van der Waals surface area contributed by atoms with Gasteiger partial charge in [0, 0.05) is 20.6 Å². The Balaban J connectivity index is 2.59. The van der Waals surface area contributed by atoms with Gasteiger partial charge in [-0.1, -0.05) is 33.6 Å². The molecule has 2 rings (SSSR count). The first-order chi connectivity index (χ1) is 9.45. The van der Waals surface area contributed by atoms with Crippen LogP contribution >= 0.6 is 27.5 Å². The van der Waals surface area contributed by atoms with E-state index in [4.69, 9.17) is 22.1 Å². The van der Waals surface area contributed by atoms with Gasteiger partial charge in [0.25, 0.3) is 0 Å². The third kappa shape index (κ3) is 2.82. The molecule has 0 heterocycles. The minimum Gasteiger partial charge on any atom is -0.496 e. The summed E-state index contributed by atoms with van der Waals surface area (Å²) in [6.45, 7) is 1.94. The molecule has 0 fully saturated rings. The topological polar surface area (TPSA) is 35.2 Å². The molecule has 0 aliphatic carbocycles. The number of halogens is 3. The van der Waals surface area contributed by atoms with Gasteiger partial charge in [-0.3, -0.25) is 0 Å². The average Bonchev–Trinajstić information content (AvgIpc) is 2.41. The highest BCUT2D eigenvalue weighted by Gasteiger charge is 2.21. The molecule has 0 saturated carbocycles. The Labute approximate surface area is 130 Å². The molecule has 0 aromatic heterocycles. The molecule has 2 aromatic rings. The van der Waals surface area contributed by atoms with Gasteiger partial charge in [-0.15, -0.1) is 0 Å². The van der Waals surface area contributed by atoms with Crippen LogP contribution in [-0.4, -0.2) is 7.11 Å². The molecule has 1 unspecified atom stereocenters. The van der Waals surface area contributed by atoms with Gasteiger partial charge in [0.15, 0.2) is 0 Å². The lowest BCUT2D eigenvalue weighted by Gasteiger charge is -2.19. The Morgan fingerprint density at radius 2 is 2.05 bits per heavy atom. The molecule has 0 bridgehead atoms. The van der Waals surface area contributed by atoms with Crippen molar-refractivity contribution in [1.29, 1.82) is 0 Å². The third-order valence-electron chi connectivity index (χ3n) is 3.16. The van der Waals surface area contributed by atoms with E-state index in [0.29, 0.717) is 16.3 Å². The maximum atomic E-state index is 14.0. The number of rotatable bonds is 3. The fourth-order valence-corrected chi connectivity index (χ4v) is 2.70. The highest BCUT2D eigenvalue weighted by atomic mass is 79.9. The summed E-state index contributed by atoms with van der Waals surface area (Å²) in [7, 11) is 1.56. The summed E-state index contributed by atoms with van der Waals surface area (Å²) >= 11 is 9.52. The number of hydrogen-bond donors (Lipinski definition) is 1. The Morgan fingerprint density at radius 1 is 1.35 bits per heavy atom. The standard InChI is InChI=1S/C15H14BrClFNO/c1-8-6-13(20-2)9(7-10(8)16)15(19)14-11(17)4-3-5-12(14)18/h3-7,15H,19H2,1-2H3. The summed E-state index contributed by atoms with van der Waals surface area (Å²) in [4.78, 5) is 0. The van der Waals surface area contributed by atoms with Crippen LogP contribution in [0.3, 0.4) is 0 Å². The lowest BCUT2D eigenvalue weighted by Crippen LogP contribution is -2.15. The molecule has 0 radical (unpaired) electrons. The molecular formula is C15H14BrClFNO. The highest BCUT2D eigenvalue weighted by molar-refractivity contribution is 9.10. The molecule has 5 heteroatoms. The van der Waals surface area contributed by atoms with Gasteiger partial charge in [0.1, 0.15) is 11.6 Å². The molecule has 0 spiro atoms. The van der Waals surface area contributed by atoms with Crippen molar-refractivity contribution < 1.29 is 9.13 Å². The van der Waals surface area contributed by atoms with Crippen LogP contribution in [0.2, 0.25) is 5.02 Å². The molecular weight excluding hydrogens is 345 g/mol. The van der Waals surface area contributed by atoms with Gasteiger partial charge >= 0.3 is 0 Å². The van der Waals surface area contributed by atoms with Crippen LogP contribution in [0.5, 0.6) is 5.75 Å². The van der Waals surface area contributed by atoms with Crippen LogP contribution in [-0.2, 0) is 0 Å². The van der Waals surface area contributed by atoms with Crippen molar-refractivity contribution in [2.24, 2.45) is 5.73 Å². The summed E-state index contributed by atoms with van der Waals surface area (Å²) in [5, 5.41) is 0.302. The van der Waals surface area contributed by atoms with Gasteiger partial charge in [0.05, 0.1) is 13.2 Å². The molecule has 0 aliphatic heterocycles. The molecule has 2 nitrogen and oxygen atoms in total. The van der Waals surface area contributed by atoms with Crippen LogP contribution in [0.25, 0.3) is 0 Å². The molecule has 0 amide bonds. The van der Waals surface area contributed by atoms with E-state index in [1.165, 1.54) is 6.07 Å². The zero-order valence-electron chi connectivity index (χ0n) is 11.1. The van der Waals surface area contributed by atoms with Gasteiger partial charge in [-0.2, -0.15) is 0 Å². The SMILES string of the molecule is COc1cc(C)c(Br)cc1C(N)c1c(F)cccc1Cl. The predicted molar refractivity (Wildman–Crippen MR) is 82.9 cm³/mol. The first-order valence-electron chi connectivity index (χ1n) is 5.99. The largest absolute Gasteiger partial charge is 0.496 e. The number of nitrogens with two attached hydrogens (primary N) is 1. The minimum absolute atomic E-state index is 0.267. The quantitative estimate of drug-likeness (QED) is 0.870. The Morgan fingerprint density at radius 3 is 2.65 bits per heavy atom. The summed E-state index contributed by atoms with van der Waals surface area (Å²) in [5.41, 5.74) is 8.14. The lowest BCUT2D eigenvalue weighted by molar-refractivity contribution is 0.407. The van der Waals surface area contributed by atoms with Crippen molar-refractivity contribution in [3.63, 3.8) is 0 Å². The fourth-order valence-electron chi connectivity index (χ4n) is 2.05. The number of benzene rings is 2. The normalized spacial score (nSPS) is 12.3. The molecule has 20 heavy (non-hydrogen) atoms. The van der Waals surface area contributed by atoms with Crippen molar-refractivity contribution >= 4 is 27.5 Å². The number of methoxy groups -OCH3 is 1. The van der Waals surface area contributed by atoms with Gasteiger partial charge < -0.3 is 10.5 Å². The van der Waals surface area contributed by atoms with Crippen molar-refractivity contribution in [2.75, 3.05) is 7.11 Å². The van der Waals surface area contributed by atoms with Crippen molar-refractivity contribution in [2.45, 2.75) is 13.0 Å². The van der Waals surface area contributed by atoms with Crippen LogP contribution < -0.4 is 10.5 Å². The maximum absolute atomic E-state index is 14.0. The van der Waals surface area contributed by atoms with Crippen LogP contribution in [0.1, 0.15) is 22.7 Å². The Bertz CT molecular complexity index is 628. The first kappa shape index (κ1) is 15.3. The number of ether oxygens (including phenoxy) is 1. The first-order valence-corrected chi connectivity index (χ1v) is 7.16. The Kier molecular flexibility index (Phi) is 4.68. The van der Waals surface area contributed by atoms with E-state index in [1.54, 1.807) is 19.2 Å². The van der Waals surface area contributed by atoms with Crippen molar-refractivity contribution in [1.82, 2.24) is 0 Å². The van der Waals surface area contributed by atoms with E-state index in [9.17, 15) is 4.39 Å². The van der Waals surface area contributed by atoms with Crippen LogP contribution in [0.15, 0.2) is 34.8 Å². The summed E-state index contributed by atoms with van der Waals surface area (Å²) in [5.74, 6) is 0.182. The van der Waals surface area contributed by atoms with Gasteiger partial charge in [0.2, 0.25) is 0 Å². The van der Waals surface area contributed by atoms with Gasteiger partial charge in [-0.25, -0.2) is 4.39 Å². The van der Waals surface area contributed by atoms with Crippen molar-refractivity contribution in [3.05, 3.63) is 62.3 Å². The third-order valence-corrected chi connectivity index (χ3v) is 4.34. The monoisotopic (exact) mass is 357 g/mol. The number of aryl methyl sites for hydroxylation is 1. The smallest absolute Gasteiger partial charge is 0.129 e. The second-order valence-electron chi connectivity index (χ2n) is 4.46. The molecule has 2 aromatic carbocycles. The molecule has 0 saturated heterocycles. The molecule has 0 aliphatic rings. The average molecular weight is 359 g/mol. The zero-order valence-corrected chi connectivity index (χ0v) is 13.4. The fraction of sp³-hybridized carbons (Fsp3) is 0.200. The number of hydrogen-bond acceptors (Lipinski definition) is 2. The van der Waals surface area contributed by atoms with E-state index in [1.807, 2.05) is 19.1 Å². The molecule has 106 valence electrons. The van der Waals surface area contributed by atoms with Crippen LogP contribution in [0, 0.1) is 12.7 Å². The second-order valence-corrected chi connectivity index (χ2v) is 5.72. The molecule has 1 atom stereocenters. The highest BCUT2D eigenvalue weighted by Crippen LogP contribution is 2.36. The molecule has 2 N–H and O–H groups in total. The summed E-state index contributed by atoms with van der Waals surface area (Å²) < 4.78 is 20.2. The summed E-state index contributed by atoms with van der Waals surface area (Å²) in [6.07, 6.45) is 0. The van der Waals surface area contributed by atoms with E-state index >= 15 is 0 Å². The predicted octanol–water partition coefficient (Wildman–Crippen LogP) is 4.61. The Hall–Kier alpha value is -1.10. The maximum Gasteiger partial charge on any atom is 0.129 e. The zero-order chi connectivity index (χ0) is 14.9. The van der Waals surface area contributed by atoms with Crippen molar-refractivity contribution in [3.8, 4) is 5.75 Å². The van der Waals surface area contributed by atoms with Crippen LogP contribution in [0.4, 0.5) is 4.39 Å². The summed E-state index contributed by atoms with van der Waals surface area (Å²) in [6, 6.07) is 7.51. The van der Waals surface area contributed by atoms with E-state index in [2.05, 4.69) is 15.9 Å². The van der Waals surface area contributed by atoms with E-state index in [-0.39, 0.29) is 5.56 Å². The van der Waals surface area contributed by atoms with E-state index in [0.717, 1.165) is 10.0 Å².